The molecule has 0 fully saturated rings. The molecule has 1 aromatic heterocycles. The molecule has 0 aliphatic rings. The van der Waals surface area contributed by atoms with Crippen LogP contribution in [0.2, 0.25) is 5.02 Å². The van der Waals surface area contributed by atoms with Crippen LogP contribution in [0.25, 0.3) is 10.9 Å². The molecule has 0 bridgehead atoms. The fourth-order valence-electron chi connectivity index (χ4n) is 2.36. The zero-order valence-electron chi connectivity index (χ0n) is 12.0. The van der Waals surface area contributed by atoms with Crippen LogP contribution in [-0.2, 0) is 11.2 Å². The number of rotatable bonds is 3. The Hall–Kier alpha value is -2.39. The Morgan fingerprint density at radius 3 is 2.59 bits per heavy atom. The lowest BCUT2D eigenvalue weighted by molar-refractivity contribution is 0.0600. The Kier molecular flexibility index (Phi) is 4.07. The normalized spacial score (nSPS) is 10.6. The summed E-state index contributed by atoms with van der Waals surface area (Å²) >= 11 is 6.31. The van der Waals surface area contributed by atoms with E-state index in [0.29, 0.717) is 17.0 Å². The van der Waals surface area contributed by atoms with Crippen molar-refractivity contribution in [2.24, 2.45) is 0 Å². The van der Waals surface area contributed by atoms with E-state index in [4.69, 9.17) is 11.6 Å². The fourth-order valence-corrected chi connectivity index (χ4v) is 2.65. The third kappa shape index (κ3) is 2.95. The van der Waals surface area contributed by atoms with Crippen LogP contribution in [0.15, 0.2) is 54.6 Å². The van der Waals surface area contributed by atoms with Gasteiger partial charge in [0.05, 0.1) is 23.2 Å². The van der Waals surface area contributed by atoms with Crippen molar-refractivity contribution in [3.05, 3.63) is 76.4 Å². The molecule has 4 heteroatoms. The Labute approximate surface area is 133 Å². The van der Waals surface area contributed by atoms with Crippen LogP contribution in [0.5, 0.6) is 0 Å². The van der Waals surface area contributed by atoms with Crippen molar-refractivity contribution in [2.75, 3.05) is 7.11 Å². The van der Waals surface area contributed by atoms with E-state index in [1.54, 1.807) is 12.1 Å². The van der Waals surface area contributed by atoms with Crippen molar-refractivity contribution in [1.29, 1.82) is 0 Å². The van der Waals surface area contributed by atoms with Gasteiger partial charge in [-0.05, 0) is 29.8 Å². The van der Waals surface area contributed by atoms with Crippen molar-refractivity contribution in [3.63, 3.8) is 0 Å². The third-order valence-electron chi connectivity index (χ3n) is 3.48. The molecule has 0 saturated carbocycles. The molecule has 3 nitrogen and oxygen atoms in total. The molecular weight excluding hydrogens is 298 g/mol. The number of para-hydroxylation sites is 1. The number of esters is 1. The molecule has 0 saturated heterocycles. The number of hydrogen-bond acceptors (Lipinski definition) is 3. The SMILES string of the molecule is COC(=O)c1ccc(Cc2cc(Cl)c3ccccc3n2)cc1. The summed E-state index contributed by atoms with van der Waals surface area (Å²) < 4.78 is 4.69. The van der Waals surface area contributed by atoms with E-state index in [2.05, 4.69) is 9.72 Å². The summed E-state index contributed by atoms with van der Waals surface area (Å²) in [5.74, 6) is -0.335. The molecule has 2 aromatic carbocycles. The topological polar surface area (TPSA) is 39.2 Å². The highest BCUT2D eigenvalue weighted by atomic mass is 35.5. The minimum Gasteiger partial charge on any atom is -0.465 e. The molecule has 0 amide bonds. The monoisotopic (exact) mass is 311 g/mol. The van der Waals surface area contributed by atoms with E-state index < -0.39 is 0 Å². The zero-order valence-corrected chi connectivity index (χ0v) is 12.8. The van der Waals surface area contributed by atoms with Crippen molar-refractivity contribution in [2.45, 2.75) is 6.42 Å². The first-order chi connectivity index (χ1) is 10.7. The second-order valence-corrected chi connectivity index (χ2v) is 5.39. The maximum atomic E-state index is 11.4. The molecule has 0 aliphatic carbocycles. The molecule has 0 aliphatic heterocycles. The van der Waals surface area contributed by atoms with E-state index in [0.717, 1.165) is 22.2 Å². The molecule has 0 spiro atoms. The quantitative estimate of drug-likeness (QED) is 0.678. The average molecular weight is 312 g/mol. The molecule has 22 heavy (non-hydrogen) atoms. The maximum Gasteiger partial charge on any atom is 0.337 e. The van der Waals surface area contributed by atoms with Gasteiger partial charge in [0.1, 0.15) is 0 Å². The number of nitrogens with zero attached hydrogens (tertiary/aromatic N) is 1. The number of ether oxygens (including phenoxy) is 1. The summed E-state index contributed by atoms with van der Waals surface area (Å²) in [6.07, 6.45) is 0.659. The van der Waals surface area contributed by atoms with Gasteiger partial charge in [0.2, 0.25) is 0 Å². The van der Waals surface area contributed by atoms with E-state index in [-0.39, 0.29) is 5.97 Å². The van der Waals surface area contributed by atoms with Crippen molar-refractivity contribution in [3.8, 4) is 0 Å². The van der Waals surface area contributed by atoms with Crippen molar-refractivity contribution in [1.82, 2.24) is 4.98 Å². The Morgan fingerprint density at radius 1 is 1.14 bits per heavy atom. The number of pyridine rings is 1. The number of carbonyl (C=O) groups excluding carboxylic acids is 1. The summed E-state index contributed by atoms with van der Waals surface area (Å²) in [5.41, 5.74) is 3.38. The number of aromatic nitrogens is 1. The molecule has 3 rings (SSSR count). The van der Waals surface area contributed by atoms with Gasteiger partial charge in [-0.15, -0.1) is 0 Å². The van der Waals surface area contributed by atoms with Gasteiger partial charge in [-0.3, -0.25) is 4.98 Å². The highest BCUT2D eigenvalue weighted by Crippen LogP contribution is 2.24. The lowest BCUT2D eigenvalue weighted by atomic mass is 10.1. The molecule has 110 valence electrons. The minimum atomic E-state index is -0.335. The predicted octanol–water partition coefficient (Wildman–Crippen LogP) is 4.27. The molecule has 0 radical (unpaired) electrons. The van der Waals surface area contributed by atoms with Crippen molar-refractivity contribution < 1.29 is 9.53 Å². The first kappa shape index (κ1) is 14.5. The number of fused-ring (bicyclic) bond motifs is 1. The van der Waals surface area contributed by atoms with E-state index in [9.17, 15) is 4.79 Å². The number of hydrogen-bond donors (Lipinski definition) is 0. The Bertz CT molecular complexity index is 828. The second-order valence-electron chi connectivity index (χ2n) is 4.98. The first-order valence-electron chi connectivity index (χ1n) is 6.89. The average Bonchev–Trinajstić information content (AvgIpc) is 2.55. The van der Waals surface area contributed by atoms with Crippen LogP contribution in [0, 0.1) is 0 Å². The van der Waals surface area contributed by atoms with Crippen LogP contribution < -0.4 is 0 Å². The maximum absolute atomic E-state index is 11.4. The van der Waals surface area contributed by atoms with Crippen molar-refractivity contribution >= 4 is 28.5 Å². The van der Waals surface area contributed by atoms with Gasteiger partial charge in [0.15, 0.2) is 0 Å². The van der Waals surface area contributed by atoms with Gasteiger partial charge in [0, 0.05) is 17.5 Å². The molecule has 1 heterocycles. The smallest absolute Gasteiger partial charge is 0.337 e. The van der Waals surface area contributed by atoms with Crippen LogP contribution in [0.3, 0.4) is 0 Å². The van der Waals surface area contributed by atoms with Crippen LogP contribution in [0.1, 0.15) is 21.6 Å². The van der Waals surface area contributed by atoms with Gasteiger partial charge in [-0.2, -0.15) is 0 Å². The molecular formula is C18H14ClNO2. The summed E-state index contributed by atoms with van der Waals surface area (Å²) in [5, 5.41) is 1.65. The Morgan fingerprint density at radius 2 is 1.86 bits per heavy atom. The van der Waals surface area contributed by atoms with Gasteiger partial charge in [-0.25, -0.2) is 4.79 Å². The lowest BCUT2D eigenvalue weighted by Crippen LogP contribution is -2.01. The van der Waals surface area contributed by atoms with E-state index in [1.165, 1.54) is 7.11 Å². The summed E-state index contributed by atoms with van der Waals surface area (Å²) in [7, 11) is 1.37. The standard InChI is InChI=1S/C18H14ClNO2/c1-22-18(21)13-8-6-12(7-9-13)10-14-11-16(19)15-4-2-3-5-17(15)20-14/h2-9,11H,10H2,1H3. The first-order valence-corrected chi connectivity index (χ1v) is 7.26. The lowest BCUT2D eigenvalue weighted by Gasteiger charge is -2.06. The van der Waals surface area contributed by atoms with E-state index >= 15 is 0 Å². The van der Waals surface area contributed by atoms with E-state index in [1.807, 2.05) is 42.5 Å². The largest absolute Gasteiger partial charge is 0.465 e. The van der Waals surface area contributed by atoms with Crippen LogP contribution in [-0.4, -0.2) is 18.1 Å². The molecule has 0 atom stereocenters. The number of halogens is 1. The third-order valence-corrected chi connectivity index (χ3v) is 3.79. The molecule has 3 aromatic rings. The number of methoxy groups -OCH3 is 1. The van der Waals surface area contributed by atoms with Crippen LogP contribution in [0.4, 0.5) is 0 Å². The number of benzene rings is 2. The van der Waals surface area contributed by atoms with Gasteiger partial charge >= 0.3 is 5.97 Å². The summed E-state index contributed by atoms with van der Waals surface area (Å²) in [6, 6.07) is 17.0. The predicted molar refractivity (Wildman–Crippen MR) is 87.3 cm³/mol. The summed E-state index contributed by atoms with van der Waals surface area (Å²) in [6.45, 7) is 0. The highest BCUT2D eigenvalue weighted by molar-refractivity contribution is 6.35. The number of carbonyl (C=O) groups is 1. The summed E-state index contributed by atoms with van der Waals surface area (Å²) in [4.78, 5) is 16.1. The van der Waals surface area contributed by atoms with Crippen LogP contribution >= 0.6 is 11.6 Å². The second kappa shape index (κ2) is 6.16. The van der Waals surface area contributed by atoms with Gasteiger partial charge in [0.25, 0.3) is 0 Å². The minimum absolute atomic E-state index is 0.335. The highest BCUT2D eigenvalue weighted by Gasteiger charge is 2.07. The molecule has 0 unspecified atom stereocenters. The zero-order chi connectivity index (χ0) is 15.5. The van der Waals surface area contributed by atoms with Gasteiger partial charge < -0.3 is 4.74 Å². The fraction of sp³-hybridized carbons (Fsp3) is 0.111. The Balaban J connectivity index is 1.88. The molecule has 0 N–H and O–H groups in total. The van der Waals surface area contributed by atoms with Gasteiger partial charge in [-0.1, -0.05) is 41.9 Å².